The number of benzene rings is 2. The van der Waals surface area contributed by atoms with Crippen molar-refractivity contribution in [3.63, 3.8) is 0 Å². The van der Waals surface area contributed by atoms with Gasteiger partial charge in [-0.1, -0.05) is 61.5 Å². The highest BCUT2D eigenvalue weighted by Crippen LogP contribution is 2.22. The predicted molar refractivity (Wildman–Crippen MR) is 79.5 cm³/mol. The van der Waals surface area contributed by atoms with Gasteiger partial charge in [0, 0.05) is 0 Å². The fraction of sp³-hybridized carbons (Fsp3) is 0.143. The van der Waals surface area contributed by atoms with E-state index in [1.54, 1.807) is 0 Å². The molecule has 17 heavy (non-hydrogen) atoms. The van der Waals surface area contributed by atoms with Gasteiger partial charge in [-0.05, 0) is 22.4 Å². The van der Waals surface area contributed by atoms with Crippen molar-refractivity contribution in [1.29, 1.82) is 0 Å². The van der Waals surface area contributed by atoms with E-state index >= 15 is 0 Å². The van der Waals surface area contributed by atoms with Crippen LogP contribution in [0.15, 0.2) is 54.6 Å². The lowest BCUT2D eigenvalue weighted by Crippen LogP contribution is -2.35. The zero-order valence-electron chi connectivity index (χ0n) is 9.66. The molecule has 0 nitrogen and oxygen atoms in total. The van der Waals surface area contributed by atoms with Gasteiger partial charge in [0.1, 0.15) is 0 Å². The summed E-state index contributed by atoms with van der Waals surface area (Å²) < 4.78 is 0. The van der Waals surface area contributed by atoms with Crippen LogP contribution in [0.2, 0.25) is 6.04 Å². The molecule has 0 N–H and O–H groups in total. The highest BCUT2D eigenvalue weighted by atomic mass is 35.7. The minimum atomic E-state index is -2.23. The minimum absolute atomic E-state index is 0.834. The Bertz CT molecular complexity index is 477. The van der Waals surface area contributed by atoms with Gasteiger partial charge in [0.2, 0.25) is 0 Å². The Morgan fingerprint density at radius 2 is 1.35 bits per heavy atom. The van der Waals surface area contributed by atoms with Crippen molar-refractivity contribution in [3.8, 4) is 11.1 Å². The van der Waals surface area contributed by atoms with Crippen molar-refractivity contribution in [1.82, 2.24) is 0 Å². The van der Waals surface area contributed by atoms with E-state index in [0.29, 0.717) is 0 Å². The summed E-state index contributed by atoms with van der Waals surface area (Å²) in [6.07, 6.45) is 0. The van der Waals surface area contributed by atoms with E-state index in [1.165, 1.54) is 11.1 Å². The first-order valence-electron chi connectivity index (χ1n) is 5.67. The SMILES string of the molecule is CC[Si](Cl)(Cl)c1ccc(-c2ccccc2)cc1. The van der Waals surface area contributed by atoms with E-state index in [0.717, 1.165) is 11.2 Å². The molecule has 0 aliphatic rings. The number of hydrogen-bond acceptors (Lipinski definition) is 0. The lowest BCUT2D eigenvalue weighted by molar-refractivity contribution is 1.44. The second-order valence-electron chi connectivity index (χ2n) is 4.00. The maximum atomic E-state index is 6.35. The third-order valence-electron chi connectivity index (χ3n) is 2.86. The first-order chi connectivity index (χ1) is 8.13. The molecule has 0 bridgehead atoms. The van der Waals surface area contributed by atoms with Crippen LogP contribution < -0.4 is 5.19 Å². The van der Waals surface area contributed by atoms with Crippen molar-refractivity contribution in [3.05, 3.63) is 54.6 Å². The Labute approximate surface area is 113 Å². The van der Waals surface area contributed by atoms with Crippen LogP contribution in [0.1, 0.15) is 6.92 Å². The summed E-state index contributed by atoms with van der Waals surface area (Å²) in [5.74, 6) is 0. The van der Waals surface area contributed by atoms with Gasteiger partial charge in [0.15, 0.2) is 0 Å². The van der Waals surface area contributed by atoms with Gasteiger partial charge in [-0.3, -0.25) is 0 Å². The monoisotopic (exact) mass is 280 g/mol. The zero-order chi connectivity index (χ0) is 12.3. The average Bonchev–Trinajstić information content (AvgIpc) is 2.40. The van der Waals surface area contributed by atoms with Crippen molar-refractivity contribution in [2.24, 2.45) is 0 Å². The molecule has 2 rings (SSSR count). The van der Waals surface area contributed by atoms with Gasteiger partial charge in [0.25, 0.3) is 6.69 Å². The van der Waals surface area contributed by atoms with E-state index in [2.05, 4.69) is 36.4 Å². The molecule has 0 unspecified atom stereocenters. The van der Waals surface area contributed by atoms with Crippen LogP contribution in [0.5, 0.6) is 0 Å². The molecule has 0 saturated heterocycles. The minimum Gasteiger partial charge on any atom is -0.140 e. The zero-order valence-corrected chi connectivity index (χ0v) is 12.2. The fourth-order valence-electron chi connectivity index (χ4n) is 1.74. The number of rotatable bonds is 3. The smallest absolute Gasteiger partial charge is 0.140 e. The molecule has 2 aromatic carbocycles. The van der Waals surface area contributed by atoms with Gasteiger partial charge in [0.05, 0.1) is 0 Å². The van der Waals surface area contributed by atoms with E-state index in [9.17, 15) is 0 Å². The molecule has 0 saturated carbocycles. The fourth-order valence-corrected chi connectivity index (χ4v) is 3.56. The Hall–Kier alpha value is -0.763. The third-order valence-corrected chi connectivity index (χ3v) is 7.84. The Kier molecular flexibility index (Phi) is 3.92. The lowest BCUT2D eigenvalue weighted by atomic mass is 10.1. The molecule has 0 aliphatic carbocycles. The summed E-state index contributed by atoms with van der Waals surface area (Å²) in [5.41, 5.74) is 2.41. The molecule has 0 fully saturated rings. The summed E-state index contributed by atoms with van der Waals surface area (Å²) in [6, 6.07) is 19.4. The largest absolute Gasteiger partial charge is 0.280 e. The van der Waals surface area contributed by atoms with Crippen molar-refractivity contribution in [2.45, 2.75) is 13.0 Å². The molecule has 0 aromatic heterocycles. The van der Waals surface area contributed by atoms with Gasteiger partial charge in [-0.15, -0.1) is 22.2 Å². The second-order valence-corrected chi connectivity index (χ2v) is 11.1. The Morgan fingerprint density at radius 3 is 1.88 bits per heavy atom. The molecule has 0 heterocycles. The van der Waals surface area contributed by atoms with Gasteiger partial charge in [-0.2, -0.15) is 0 Å². The molecular weight excluding hydrogens is 267 g/mol. The Balaban J connectivity index is 2.31. The summed E-state index contributed by atoms with van der Waals surface area (Å²) in [5, 5.41) is 1.09. The quantitative estimate of drug-likeness (QED) is 0.574. The normalized spacial score (nSPS) is 11.5. The molecule has 3 heteroatoms. The maximum Gasteiger partial charge on any atom is 0.280 e. The number of hydrogen-bond donors (Lipinski definition) is 0. The van der Waals surface area contributed by atoms with Crippen LogP contribution in [-0.2, 0) is 0 Å². The first kappa shape index (κ1) is 12.7. The highest BCUT2D eigenvalue weighted by molar-refractivity contribution is 7.50. The standard InChI is InChI=1S/C14H14Cl2Si/c1-2-17(15,16)14-10-8-13(9-11-14)12-6-4-3-5-7-12/h3-11H,2H2,1H3. The average molecular weight is 281 g/mol. The van der Waals surface area contributed by atoms with Crippen molar-refractivity contribution in [2.75, 3.05) is 0 Å². The van der Waals surface area contributed by atoms with E-state index in [4.69, 9.17) is 22.2 Å². The maximum absolute atomic E-state index is 6.35. The third kappa shape index (κ3) is 2.92. The van der Waals surface area contributed by atoms with E-state index in [1.807, 2.05) is 25.1 Å². The van der Waals surface area contributed by atoms with Crippen LogP contribution in [-0.4, -0.2) is 6.69 Å². The summed E-state index contributed by atoms with van der Waals surface area (Å²) in [6.45, 7) is -0.194. The van der Waals surface area contributed by atoms with E-state index in [-0.39, 0.29) is 0 Å². The van der Waals surface area contributed by atoms with Gasteiger partial charge < -0.3 is 0 Å². The number of halogens is 2. The van der Waals surface area contributed by atoms with Crippen LogP contribution in [0, 0.1) is 0 Å². The van der Waals surface area contributed by atoms with Crippen LogP contribution in [0.3, 0.4) is 0 Å². The lowest BCUT2D eigenvalue weighted by Gasteiger charge is -2.14. The topological polar surface area (TPSA) is 0 Å². The molecule has 0 radical (unpaired) electrons. The molecule has 0 aliphatic heterocycles. The molecule has 88 valence electrons. The highest BCUT2D eigenvalue weighted by Gasteiger charge is 2.28. The molecular formula is C14H14Cl2Si. The van der Waals surface area contributed by atoms with Crippen LogP contribution in [0.4, 0.5) is 0 Å². The second kappa shape index (κ2) is 5.26. The van der Waals surface area contributed by atoms with Crippen LogP contribution in [0.25, 0.3) is 11.1 Å². The first-order valence-corrected chi connectivity index (χ1v) is 9.90. The summed E-state index contributed by atoms with van der Waals surface area (Å²) >= 11 is 12.7. The van der Waals surface area contributed by atoms with Gasteiger partial charge in [-0.25, -0.2) is 0 Å². The summed E-state index contributed by atoms with van der Waals surface area (Å²) in [7, 11) is 0. The van der Waals surface area contributed by atoms with Crippen molar-refractivity contribution < 1.29 is 0 Å². The van der Waals surface area contributed by atoms with Crippen molar-refractivity contribution >= 4 is 34.0 Å². The van der Waals surface area contributed by atoms with Crippen LogP contribution >= 0.6 is 22.2 Å². The Morgan fingerprint density at radius 1 is 0.824 bits per heavy atom. The predicted octanol–water partition coefficient (Wildman–Crippen LogP) is 4.50. The van der Waals surface area contributed by atoms with Gasteiger partial charge >= 0.3 is 0 Å². The molecule has 0 amide bonds. The molecule has 0 atom stereocenters. The molecule has 2 aromatic rings. The molecule has 0 spiro atoms. The summed E-state index contributed by atoms with van der Waals surface area (Å²) in [4.78, 5) is 0. The van der Waals surface area contributed by atoms with E-state index < -0.39 is 6.69 Å².